The molecular weight excluding hydrogens is 426 g/mol. The number of amides is 2. The number of para-hydroxylation sites is 1. The summed E-state index contributed by atoms with van der Waals surface area (Å²) in [7, 11) is 1.53. The Morgan fingerprint density at radius 2 is 1.64 bits per heavy atom. The molecule has 0 saturated carbocycles. The van der Waals surface area contributed by atoms with Crippen LogP contribution in [0.15, 0.2) is 78.9 Å². The monoisotopic (exact) mass is 445 g/mol. The molecule has 2 heterocycles. The van der Waals surface area contributed by atoms with Crippen LogP contribution in [-0.2, 0) is 14.4 Å². The smallest absolute Gasteiger partial charge is 0.269 e. The largest absolute Gasteiger partial charge is 0.497 e. The standard InChI is InChI=1S/C24H19N3O6/c1-32-19-12-10-16(11-13-19)25-23(28)20-21(15-6-5-9-18(14-15)27(30)31)26(33-22(20)24(25)29)17-7-3-2-4-8-17/h2-14,20-22H,1H3/t20-,21-,22+/m1/s1. The van der Waals surface area contributed by atoms with Gasteiger partial charge in [-0.15, -0.1) is 0 Å². The van der Waals surface area contributed by atoms with Crippen LogP contribution in [0, 0.1) is 16.0 Å². The second-order valence-electron chi connectivity index (χ2n) is 7.72. The van der Waals surface area contributed by atoms with Crippen molar-refractivity contribution >= 4 is 28.9 Å². The SMILES string of the molecule is COc1ccc(N2C(=O)[C@H]3[C@H](ON(c4ccccc4)[C@@H]3c3cccc([N+](=O)[O-])c3)C2=O)cc1. The highest BCUT2D eigenvalue weighted by atomic mass is 16.7. The van der Waals surface area contributed by atoms with Crippen molar-refractivity contribution in [2.75, 3.05) is 17.1 Å². The van der Waals surface area contributed by atoms with Crippen molar-refractivity contribution in [1.29, 1.82) is 0 Å². The second-order valence-corrected chi connectivity index (χ2v) is 7.72. The van der Waals surface area contributed by atoms with E-state index in [0.717, 1.165) is 4.90 Å². The molecule has 0 unspecified atom stereocenters. The van der Waals surface area contributed by atoms with E-state index < -0.39 is 34.8 Å². The van der Waals surface area contributed by atoms with Gasteiger partial charge in [-0.05, 0) is 42.0 Å². The lowest BCUT2D eigenvalue weighted by Gasteiger charge is -2.28. The summed E-state index contributed by atoms with van der Waals surface area (Å²) < 4.78 is 5.15. The number of carbonyl (C=O) groups excluding carboxylic acids is 2. The van der Waals surface area contributed by atoms with Crippen molar-refractivity contribution in [3.63, 3.8) is 0 Å². The molecule has 0 radical (unpaired) electrons. The van der Waals surface area contributed by atoms with Crippen LogP contribution in [0.25, 0.3) is 0 Å². The van der Waals surface area contributed by atoms with E-state index in [2.05, 4.69) is 0 Å². The van der Waals surface area contributed by atoms with Gasteiger partial charge in [0.2, 0.25) is 5.91 Å². The molecule has 2 aliphatic heterocycles. The number of imide groups is 1. The van der Waals surface area contributed by atoms with E-state index in [-0.39, 0.29) is 5.69 Å². The molecule has 0 aromatic heterocycles. The Kier molecular flexibility index (Phi) is 5.02. The summed E-state index contributed by atoms with van der Waals surface area (Å²) in [5.74, 6) is -1.19. The van der Waals surface area contributed by atoms with E-state index in [1.807, 2.05) is 18.2 Å². The Morgan fingerprint density at radius 1 is 0.909 bits per heavy atom. The number of rotatable bonds is 5. The number of benzene rings is 3. The number of anilines is 2. The van der Waals surface area contributed by atoms with Crippen LogP contribution in [0.1, 0.15) is 11.6 Å². The van der Waals surface area contributed by atoms with Crippen LogP contribution < -0.4 is 14.7 Å². The van der Waals surface area contributed by atoms with Gasteiger partial charge in [-0.25, -0.2) is 9.96 Å². The predicted octanol–water partition coefficient (Wildman–Crippen LogP) is 3.65. The summed E-state index contributed by atoms with van der Waals surface area (Å²) in [6.07, 6.45) is -1.05. The van der Waals surface area contributed by atoms with Gasteiger partial charge >= 0.3 is 0 Å². The molecule has 33 heavy (non-hydrogen) atoms. The zero-order valence-electron chi connectivity index (χ0n) is 17.5. The van der Waals surface area contributed by atoms with E-state index in [0.29, 0.717) is 22.7 Å². The molecule has 0 bridgehead atoms. The van der Waals surface area contributed by atoms with Gasteiger partial charge < -0.3 is 4.74 Å². The topological polar surface area (TPSA) is 102 Å². The summed E-state index contributed by atoms with van der Waals surface area (Å²) in [6.45, 7) is 0. The van der Waals surface area contributed by atoms with Gasteiger partial charge in [0.1, 0.15) is 11.7 Å². The summed E-state index contributed by atoms with van der Waals surface area (Å²) in [5.41, 5.74) is 1.46. The molecule has 3 atom stereocenters. The fourth-order valence-corrected chi connectivity index (χ4v) is 4.36. The predicted molar refractivity (Wildman–Crippen MR) is 119 cm³/mol. The number of nitro groups is 1. The third-order valence-electron chi connectivity index (χ3n) is 5.88. The summed E-state index contributed by atoms with van der Waals surface area (Å²) >= 11 is 0. The molecule has 5 rings (SSSR count). The number of hydroxylamine groups is 1. The molecule has 2 aliphatic rings. The number of hydrogen-bond donors (Lipinski definition) is 0. The Bertz CT molecular complexity index is 1230. The zero-order chi connectivity index (χ0) is 23.1. The fraction of sp³-hybridized carbons (Fsp3) is 0.167. The quantitative estimate of drug-likeness (QED) is 0.336. The van der Waals surface area contributed by atoms with Gasteiger partial charge in [-0.3, -0.25) is 24.5 Å². The van der Waals surface area contributed by atoms with Crippen molar-refractivity contribution in [3.05, 3.63) is 94.5 Å². The summed E-state index contributed by atoms with van der Waals surface area (Å²) in [4.78, 5) is 44.9. The number of ether oxygens (including phenoxy) is 1. The van der Waals surface area contributed by atoms with Crippen LogP contribution in [0.4, 0.5) is 17.1 Å². The maximum absolute atomic E-state index is 13.6. The molecule has 3 aromatic rings. The van der Waals surface area contributed by atoms with Gasteiger partial charge in [0.05, 0.1) is 29.4 Å². The molecule has 0 spiro atoms. The van der Waals surface area contributed by atoms with E-state index in [9.17, 15) is 19.7 Å². The first kappa shape index (κ1) is 20.7. The van der Waals surface area contributed by atoms with Crippen LogP contribution in [-0.4, -0.2) is 30.0 Å². The first-order valence-corrected chi connectivity index (χ1v) is 10.3. The van der Waals surface area contributed by atoms with Gasteiger partial charge in [0.25, 0.3) is 11.6 Å². The molecule has 2 saturated heterocycles. The second kappa shape index (κ2) is 8.03. The molecule has 2 amide bonds. The first-order valence-electron chi connectivity index (χ1n) is 10.3. The zero-order valence-corrected chi connectivity index (χ0v) is 17.5. The highest BCUT2D eigenvalue weighted by Crippen LogP contribution is 2.48. The van der Waals surface area contributed by atoms with E-state index in [1.54, 1.807) is 48.5 Å². The number of non-ortho nitro benzene ring substituents is 1. The summed E-state index contributed by atoms with van der Waals surface area (Å²) in [5, 5.41) is 12.9. The lowest BCUT2D eigenvalue weighted by Crippen LogP contribution is -2.37. The van der Waals surface area contributed by atoms with Crippen LogP contribution in [0.3, 0.4) is 0 Å². The Labute approximate surface area is 188 Å². The summed E-state index contributed by atoms with van der Waals surface area (Å²) in [6, 6.07) is 21.0. The van der Waals surface area contributed by atoms with E-state index in [1.165, 1.54) is 24.3 Å². The Balaban J connectivity index is 1.58. The maximum atomic E-state index is 13.6. The minimum Gasteiger partial charge on any atom is -0.497 e. The van der Waals surface area contributed by atoms with Crippen LogP contribution >= 0.6 is 0 Å². The van der Waals surface area contributed by atoms with E-state index >= 15 is 0 Å². The van der Waals surface area contributed by atoms with Crippen molar-refractivity contribution in [1.82, 2.24) is 0 Å². The average Bonchev–Trinajstić information content (AvgIpc) is 3.36. The van der Waals surface area contributed by atoms with Crippen molar-refractivity contribution in [2.45, 2.75) is 12.1 Å². The average molecular weight is 445 g/mol. The van der Waals surface area contributed by atoms with Crippen molar-refractivity contribution in [3.8, 4) is 5.75 Å². The first-order chi connectivity index (χ1) is 16.0. The van der Waals surface area contributed by atoms with Crippen LogP contribution in [0.5, 0.6) is 5.75 Å². The fourth-order valence-electron chi connectivity index (χ4n) is 4.36. The highest BCUT2D eigenvalue weighted by Gasteiger charge is 2.60. The number of carbonyl (C=O) groups is 2. The minimum absolute atomic E-state index is 0.104. The molecule has 9 heteroatoms. The van der Waals surface area contributed by atoms with Crippen molar-refractivity contribution < 1.29 is 24.1 Å². The van der Waals surface area contributed by atoms with Gasteiger partial charge in [-0.1, -0.05) is 30.3 Å². The Hall–Kier alpha value is -4.24. The lowest BCUT2D eigenvalue weighted by molar-refractivity contribution is -0.384. The normalized spacial score (nSPS) is 21.9. The number of hydrogen-bond acceptors (Lipinski definition) is 7. The molecule has 166 valence electrons. The molecule has 2 fully saturated rings. The number of nitrogens with zero attached hydrogens (tertiary/aromatic N) is 3. The molecule has 9 nitrogen and oxygen atoms in total. The number of fused-ring (bicyclic) bond motifs is 1. The third kappa shape index (κ3) is 3.39. The molecule has 0 N–H and O–H groups in total. The van der Waals surface area contributed by atoms with E-state index in [4.69, 9.17) is 9.57 Å². The molecule has 0 aliphatic carbocycles. The number of methoxy groups -OCH3 is 1. The third-order valence-corrected chi connectivity index (χ3v) is 5.88. The Morgan fingerprint density at radius 3 is 2.30 bits per heavy atom. The maximum Gasteiger partial charge on any atom is 0.269 e. The number of nitro benzene ring substituents is 1. The highest BCUT2D eigenvalue weighted by molar-refractivity contribution is 6.23. The van der Waals surface area contributed by atoms with Gasteiger partial charge in [-0.2, -0.15) is 0 Å². The van der Waals surface area contributed by atoms with Crippen LogP contribution in [0.2, 0.25) is 0 Å². The van der Waals surface area contributed by atoms with Gasteiger partial charge in [0.15, 0.2) is 6.10 Å². The van der Waals surface area contributed by atoms with Gasteiger partial charge in [0, 0.05) is 12.1 Å². The lowest BCUT2D eigenvalue weighted by atomic mass is 9.90. The molecular formula is C24H19N3O6. The minimum atomic E-state index is -1.05. The molecule has 3 aromatic carbocycles. The van der Waals surface area contributed by atoms with Crippen molar-refractivity contribution in [2.24, 2.45) is 5.92 Å².